The van der Waals surface area contributed by atoms with Gasteiger partial charge in [-0.3, -0.25) is 4.40 Å². The minimum Gasteiger partial charge on any atom is -0.475 e. The lowest BCUT2D eigenvalue weighted by molar-refractivity contribution is 0.148. The molecule has 36 heavy (non-hydrogen) atoms. The van der Waals surface area contributed by atoms with Crippen LogP contribution in [0.1, 0.15) is 42.6 Å². The molecule has 0 radical (unpaired) electrons. The Morgan fingerprint density at radius 3 is 2.69 bits per heavy atom. The molecule has 2 atom stereocenters. The molecule has 1 aliphatic rings. The van der Waals surface area contributed by atoms with Crippen molar-refractivity contribution < 1.29 is 9.84 Å². The number of aliphatic hydroxyl groups excluding tert-OH is 1. The minimum absolute atomic E-state index is 0.448. The van der Waals surface area contributed by atoms with Crippen molar-refractivity contribution in [3.8, 4) is 34.5 Å². The van der Waals surface area contributed by atoms with Crippen LogP contribution in [0.4, 0.5) is 0 Å². The van der Waals surface area contributed by atoms with Crippen LogP contribution in [0.15, 0.2) is 54.9 Å². The summed E-state index contributed by atoms with van der Waals surface area (Å²) in [7, 11) is 2.15. The number of aryl methyl sites for hydroxylation is 1. The molecule has 7 heteroatoms. The van der Waals surface area contributed by atoms with Gasteiger partial charge in [0.1, 0.15) is 0 Å². The van der Waals surface area contributed by atoms with Gasteiger partial charge in [0.25, 0.3) is 5.88 Å². The van der Waals surface area contributed by atoms with Gasteiger partial charge in [-0.1, -0.05) is 24.3 Å². The number of aliphatic hydroxyl groups is 1. The van der Waals surface area contributed by atoms with Crippen molar-refractivity contribution in [2.24, 2.45) is 5.92 Å². The second kappa shape index (κ2) is 10.1. The van der Waals surface area contributed by atoms with Crippen LogP contribution < -0.4 is 4.74 Å². The Balaban J connectivity index is 1.65. The van der Waals surface area contributed by atoms with E-state index in [9.17, 15) is 10.4 Å². The summed E-state index contributed by atoms with van der Waals surface area (Å²) in [4.78, 5) is 12.0. The molecule has 2 aromatic heterocycles. The second-order valence-electron chi connectivity index (χ2n) is 9.75. The molecular weight excluding hydrogens is 450 g/mol. The Bertz CT molecular complexity index is 1420. The molecule has 0 saturated carbocycles. The summed E-state index contributed by atoms with van der Waals surface area (Å²) in [5, 5.41) is 19.6. The van der Waals surface area contributed by atoms with Gasteiger partial charge in [0.15, 0.2) is 0 Å². The molecule has 1 unspecified atom stereocenters. The number of hydrogen-bond acceptors (Lipinski definition) is 6. The van der Waals surface area contributed by atoms with Gasteiger partial charge in [0.2, 0.25) is 5.65 Å². The van der Waals surface area contributed by atoms with Gasteiger partial charge in [-0.2, -0.15) is 5.26 Å². The lowest BCUT2D eigenvalue weighted by Crippen LogP contribution is -2.34. The molecule has 5 rings (SSSR count). The highest BCUT2D eigenvalue weighted by Gasteiger charge is 2.22. The molecule has 7 nitrogen and oxygen atoms in total. The van der Waals surface area contributed by atoms with E-state index in [1.165, 1.54) is 6.42 Å². The zero-order chi connectivity index (χ0) is 25.2. The number of piperidine rings is 1. The fourth-order valence-corrected chi connectivity index (χ4v) is 5.08. The van der Waals surface area contributed by atoms with E-state index in [-0.39, 0.29) is 0 Å². The molecule has 0 spiro atoms. The summed E-state index contributed by atoms with van der Waals surface area (Å²) >= 11 is 0. The van der Waals surface area contributed by atoms with Crippen molar-refractivity contribution in [1.82, 2.24) is 19.3 Å². The third-order valence-corrected chi connectivity index (χ3v) is 6.98. The molecule has 2 aromatic carbocycles. The maximum atomic E-state index is 10.4. The summed E-state index contributed by atoms with van der Waals surface area (Å²) in [5.74, 6) is 0.948. The van der Waals surface area contributed by atoms with E-state index >= 15 is 0 Å². The van der Waals surface area contributed by atoms with Gasteiger partial charge in [0, 0.05) is 36.0 Å². The number of fused-ring (bicyclic) bond motifs is 1. The summed E-state index contributed by atoms with van der Waals surface area (Å²) in [5.41, 5.74) is 6.54. The van der Waals surface area contributed by atoms with Crippen molar-refractivity contribution in [3.63, 3.8) is 0 Å². The Morgan fingerprint density at radius 1 is 1.19 bits per heavy atom. The van der Waals surface area contributed by atoms with Crippen molar-refractivity contribution in [2.75, 3.05) is 26.7 Å². The maximum absolute atomic E-state index is 10.4. The third-order valence-electron chi connectivity index (χ3n) is 6.98. The fourth-order valence-electron chi connectivity index (χ4n) is 5.08. The molecule has 1 aliphatic heterocycles. The van der Waals surface area contributed by atoms with Crippen LogP contribution in [0.25, 0.3) is 28.2 Å². The van der Waals surface area contributed by atoms with E-state index in [4.69, 9.17) is 9.72 Å². The average Bonchev–Trinajstić information content (AvgIpc) is 3.37. The predicted octanol–water partition coefficient (Wildman–Crippen LogP) is 5.02. The third kappa shape index (κ3) is 4.70. The van der Waals surface area contributed by atoms with Crippen LogP contribution in [0.3, 0.4) is 0 Å². The fraction of sp³-hybridized carbons (Fsp3) is 0.345. The van der Waals surface area contributed by atoms with Crippen molar-refractivity contribution in [3.05, 3.63) is 71.5 Å². The van der Waals surface area contributed by atoms with Crippen LogP contribution in [-0.2, 0) is 0 Å². The van der Waals surface area contributed by atoms with E-state index < -0.39 is 6.10 Å². The molecule has 1 N–H and O–H groups in total. The van der Waals surface area contributed by atoms with E-state index in [1.807, 2.05) is 47.9 Å². The highest BCUT2D eigenvalue weighted by atomic mass is 16.5. The molecule has 0 aliphatic carbocycles. The normalized spacial score (nSPS) is 17.1. The van der Waals surface area contributed by atoms with Gasteiger partial charge in [0.05, 0.1) is 35.7 Å². The number of likely N-dealkylation sites (tertiary alicyclic amines) is 1. The van der Waals surface area contributed by atoms with E-state index in [0.29, 0.717) is 29.6 Å². The largest absolute Gasteiger partial charge is 0.475 e. The lowest BCUT2D eigenvalue weighted by Gasteiger charge is -2.29. The summed E-state index contributed by atoms with van der Waals surface area (Å²) < 4.78 is 8.34. The van der Waals surface area contributed by atoms with E-state index in [1.54, 1.807) is 25.3 Å². The highest BCUT2D eigenvalue weighted by molar-refractivity contribution is 5.82. The minimum atomic E-state index is -0.592. The molecule has 4 aromatic rings. The number of imidazole rings is 1. The number of ether oxygens (including phenoxy) is 1. The summed E-state index contributed by atoms with van der Waals surface area (Å²) in [6, 6.07) is 15.7. The number of rotatable bonds is 6. The molecule has 0 amide bonds. The van der Waals surface area contributed by atoms with Gasteiger partial charge in [-0.05, 0) is 69.6 Å². The Morgan fingerprint density at radius 2 is 1.97 bits per heavy atom. The van der Waals surface area contributed by atoms with Crippen molar-refractivity contribution in [1.29, 1.82) is 5.26 Å². The molecule has 1 fully saturated rings. The SMILES string of the molecule is Cc1ccc(-c2c(-c3ccc(C#N)cc3)nc(OC[C@@H]3CCCN(C)C3)c3nccn23)cc1C(C)O. The van der Waals surface area contributed by atoms with Crippen molar-refractivity contribution in [2.45, 2.75) is 32.8 Å². The monoisotopic (exact) mass is 481 g/mol. The first-order valence-electron chi connectivity index (χ1n) is 12.4. The average molecular weight is 482 g/mol. The number of benzene rings is 2. The zero-order valence-corrected chi connectivity index (χ0v) is 21.0. The Kier molecular flexibility index (Phi) is 6.73. The van der Waals surface area contributed by atoms with Gasteiger partial charge in [-0.25, -0.2) is 9.97 Å². The van der Waals surface area contributed by atoms with Crippen LogP contribution in [0.5, 0.6) is 5.88 Å². The van der Waals surface area contributed by atoms with Crippen LogP contribution >= 0.6 is 0 Å². The molecule has 3 heterocycles. The lowest BCUT2D eigenvalue weighted by atomic mass is 9.97. The standard InChI is InChI=1S/C29H31N5O2/c1-19-6-9-24(15-25(19)20(2)35)27-26(23-10-7-21(16-30)8-11-23)32-29(28-31-12-14-34(27)28)36-18-22-5-4-13-33(3)17-22/h6-12,14-15,20,22,35H,4-5,13,17-18H2,1-3H3/t20?,22-/m1/s1. The summed E-state index contributed by atoms with van der Waals surface area (Å²) in [6.45, 7) is 6.50. The molecule has 0 bridgehead atoms. The van der Waals surface area contributed by atoms with E-state index in [0.717, 1.165) is 53.2 Å². The van der Waals surface area contributed by atoms with Crippen LogP contribution in [-0.4, -0.2) is 51.1 Å². The van der Waals surface area contributed by atoms with E-state index in [2.05, 4.69) is 23.0 Å². The topological polar surface area (TPSA) is 86.7 Å². The quantitative estimate of drug-likeness (QED) is 0.416. The first-order chi connectivity index (χ1) is 17.4. The number of nitriles is 1. The highest BCUT2D eigenvalue weighted by Crippen LogP contribution is 2.36. The Labute approximate surface area is 211 Å². The first kappa shape index (κ1) is 24.0. The number of hydrogen-bond donors (Lipinski definition) is 1. The van der Waals surface area contributed by atoms with Crippen LogP contribution in [0.2, 0.25) is 0 Å². The molecule has 184 valence electrons. The van der Waals surface area contributed by atoms with Gasteiger partial charge >= 0.3 is 0 Å². The predicted molar refractivity (Wildman–Crippen MR) is 140 cm³/mol. The smallest absolute Gasteiger partial charge is 0.259 e. The van der Waals surface area contributed by atoms with Gasteiger partial charge in [-0.15, -0.1) is 0 Å². The Hall–Kier alpha value is -3.73. The maximum Gasteiger partial charge on any atom is 0.259 e. The van der Waals surface area contributed by atoms with Crippen molar-refractivity contribution >= 4 is 5.65 Å². The molecule has 1 saturated heterocycles. The first-order valence-corrected chi connectivity index (χ1v) is 12.4. The number of aromatic nitrogens is 3. The zero-order valence-electron chi connectivity index (χ0n) is 21.0. The van der Waals surface area contributed by atoms with Gasteiger partial charge < -0.3 is 14.7 Å². The summed E-state index contributed by atoms with van der Waals surface area (Å²) in [6.07, 6.45) is 5.40. The molecular formula is C29H31N5O2. The van der Waals surface area contributed by atoms with Crippen LogP contribution in [0, 0.1) is 24.2 Å². The number of nitrogens with zero attached hydrogens (tertiary/aromatic N) is 5. The second-order valence-corrected chi connectivity index (χ2v) is 9.75.